The number of aliphatic hydroxyl groups excluding tert-OH is 1. The van der Waals surface area contributed by atoms with Gasteiger partial charge in [-0.25, -0.2) is 0 Å². The van der Waals surface area contributed by atoms with Crippen molar-refractivity contribution in [1.82, 2.24) is 0 Å². The molecule has 0 saturated carbocycles. The van der Waals surface area contributed by atoms with Gasteiger partial charge in [0.2, 0.25) is 0 Å². The van der Waals surface area contributed by atoms with Crippen LogP contribution < -0.4 is 4.74 Å². The van der Waals surface area contributed by atoms with E-state index in [1.807, 2.05) is 13.8 Å². The van der Waals surface area contributed by atoms with Crippen LogP contribution in [0.2, 0.25) is 0 Å². The van der Waals surface area contributed by atoms with Crippen molar-refractivity contribution >= 4 is 0 Å². The largest absolute Gasteiger partial charge is 0.507 e. The van der Waals surface area contributed by atoms with Crippen molar-refractivity contribution in [2.45, 2.75) is 13.8 Å². The molecule has 0 unspecified atom stereocenters. The third-order valence-corrected chi connectivity index (χ3v) is 1.82. The number of benzene rings is 1. The monoisotopic (exact) mass is 182 g/mol. The first-order valence-corrected chi connectivity index (χ1v) is 4.19. The van der Waals surface area contributed by atoms with E-state index in [1.54, 1.807) is 12.1 Å². The van der Waals surface area contributed by atoms with E-state index in [-0.39, 0.29) is 13.2 Å². The van der Waals surface area contributed by atoms with Gasteiger partial charge in [-0.05, 0) is 37.1 Å². The maximum absolute atomic E-state index is 9.45. The molecule has 0 spiro atoms. The van der Waals surface area contributed by atoms with Gasteiger partial charge < -0.3 is 14.9 Å². The number of aryl methyl sites for hydroxylation is 2. The number of aliphatic hydroxyl groups is 1. The topological polar surface area (TPSA) is 49.7 Å². The van der Waals surface area contributed by atoms with Crippen LogP contribution in [0.1, 0.15) is 11.1 Å². The summed E-state index contributed by atoms with van der Waals surface area (Å²) in [5, 5.41) is 18.0. The molecule has 0 radical (unpaired) electrons. The van der Waals surface area contributed by atoms with Crippen LogP contribution in [0.25, 0.3) is 0 Å². The number of rotatable bonds is 3. The van der Waals surface area contributed by atoms with E-state index in [0.29, 0.717) is 11.5 Å². The van der Waals surface area contributed by atoms with Crippen LogP contribution in [0.3, 0.4) is 0 Å². The molecule has 0 aliphatic carbocycles. The van der Waals surface area contributed by atoms with Crippen molar-refractivity contribution in [3.63, 3.8) is 0 Å². The summed E-state index contributed by atoms with van der Waals surface area (Å²) in [6.07, 6.45) is 0. The van der Waals surface area contributed by atoms with Gasteiger partial charge in [0, 0.05) is 0 Å². The molecule has 72 valence electrons. The summed E-state index contributed by atoms with van der Waals surface area (Å²) < 4.78 is 5.21. The van der Waals surface area contributed by atoms with Crippen molar-refractivity contribution in [2.24, 2.45) is 0 Å². The molecule has 1 aromatic carbocycles. The molecule has 3 nitrogen and oxygen atoms in total. The van der Waals surface area contributed by atoms with Crippen LogP contribution in [-0.4, -0.2) is 23.4 Å². The number of aromatic hydroxyl groups is 1. The Labute approximate surface area is 77.6 Å². The molecule has 3 heteroatoms. The second kappa shape index (κ2) is 4.14. The Morgan fingerprint density at radius 3 is 2.23 bits per heavy atom. The molecule has 0 atom stereocenters. The lowest BCUT2D eigenvalue weighted by atomic mass is 10.1. The second-order valence-electron chi connectivity index (χ2n) is 2.98. The lowest BCUT2D eigenvalue weighted by molar-refractivity contribution is 0.201. The fourth-order valence-electron chi connectivity index (χ4n) is 1.16. The molecule has 1 rings (SSSR count). The third kappa shape index (κ3) is 2.36. The van der Waals surface area contributed by atoms with Gasteiger partial charge in [0.15, 0.2) is 0 Å². The Morgan fingerprint density at radius 2 is 1.77 bits per heavy atom. The minimum absolute atomic E-state index is 0.00102. The Hall–Kier alpha value is -1.22. The highest BCUT2D eigenvalue weighted by molar-refractivity contribution is 5.44. The summed E-state index contributed by atoms with van der Waals surface area (Å²) in [6, 6.07) is 3.50. The Morgan fingerprint density at radius 1 is 1.23 bits per heavy atom. The molecule has 0 saturated heterocycles. The molecule has 0 heterocycles. The Kier molecular flexibility index (Phi) is 3.14. The van der Waals surface area contributed by atoms with Gasteiger partial charge in [0.25, 0.3) is 0 Å². The van der Waals surface area contributed by atoms with E-state index < -0.39 is 0 Å². The standard InChI is InChI=1S/C10H14O3/c1-7-5-9(13-4-3-11)6-8(2)10(7)12/h5-6,11-12H,3-4H2,1-2H3. The van der Waals surface area contributed by atoms with E-state index in [0.717, 1.165) is 11.1 Å². The average Bonchev–Trinajstić information content (AvgIpc) is 2.10. The van der Waals surface area contributed by atoms with Crippen LogP contribution in [-0.2, 0) is 0 Å². The first kappa shape index (κ1) is 9.86. The van der Waals surface area contributed by atoms with E-state index in [1.165, 1.54) is 0 Å². The second-order valence-corrected chi connectivity index (χ2v) is 2.98. The minimum atomic E-state index is -0.00102. The van der Waals surface area contributed by atoms with E-state index >= 15 is 0 Å². The van der Waals surface area contributed by atoms with Gasteiger partial charge in [0.05, 0.1) is 6.61 Å². The van der Waals surface area contributed by atoms with Crippen LogP contribution in [0, 0.1) is 13.8 Å². The fourth-order valence-corrected chi connectivity index (χ4v) is 1.16. The quantitative estimate of drug-likeness (QED) is 0.742. The normalized spacial score (nSPS) is 10.1. The summed E-state index contributed by atoms with van der Waals surface area (Å²) in [5.41, 5.74) is 1.57. The predicted molar refractivity (Wildman–Crippen MR) is 50.2 cm³/mol. The minimum Gasteiger partial charge on any atom is -0.507 e. The van der Waals surface area contributed by atoms with Crippen LogP contribution in [0.5, 0.6) is 11.5 Å². The number of hydrogen-bond donors (Lipinski definition) is 2. The average molecular weight is 182 g/mol. The van der Waals surface area contributed by atoms with E-state index in [4.69, 9.17) is 9.84 Å². The third-order valence-electron chi connectivity index (χ3n) is 1.82. The Balaban J connectivity index is 2.86. The number of phenolic OH excluding ortho intramolecular Hbond substituents is 1. The van der Waals surface area contributed by atoms with Gasteiger partial charge in [-0.2, -0.15) is 0 Å². The first-order chi connectivity index (χ1) is 6.15. The van der Waals surface area contributed by atoms with Crippen molar-refractivity contribution in [3.8, 4) is 11.5 Å². The lowest BCUT2D eigenvalue weighted by Crippen LogP contribution is -2.01. The first-order valence-electron chi connectivity index (χ1n) is 4.19. The number of phenols is 1. The SMILES string of the molecule is Cc1cc(OCCO)cc(C)c1O. The molecule has 13 heavy (non-hydrogen) atoms. The smallest absolute Gasteiger partial charge is 0.121 e. The van der Waals surface area contributed by atoms with Gasteiger partial charge in [-0.1, -0.05) is 0 Å². The molecular formula is C10H14O3. The summed E-state index contributed by atoms with van der Waals surface area (Å²) >= 11 is 0. The van der Waals surface area contributed by atoms with Crippen molar-refractivity contribution in [1.29, 1.82) is 0 Å². The molecule has 0 fully saturated rings. The van der Waals surface area contributed by atoms with E-state index in [9.17, 15) is 5.11 Å². The zero-order valence-corrected chi connectivity index (χ0v) is 7.87. The number of hydrogen-bond acceptors (Lipinski definition) is 3. The van der Waals surface area contributed by atoms with Gasteiger partial charge in [-0.15, -0.1) is 0 Å². The zero-order chi connectivity index (χ0) is 9.84. The Bertz CT molecular complexity index is 271. The summed E-state index contributed by atoms with van der Waals surface area (Å²) in [6.45, 7) is 3.91. The molecule has 2 N–H and O–H groups in total. The van der Waals surface area contributed by atoms with Gasteiger partial charge in [-0.3, -0.25) is 0 Å². The highest BCUT2D eigenvalue weighted by Crippen LogP contribution is 2.26. The molecular weight excluding hydrogens is 168 g/mol. The highest BCUT2D eigenvalue weighted by atomic mass is 16.5. The van der Waals surface area contributed by atoms with Gasteiger partial charge >= 0.3 is 0 Å². The van der Waals surface area contributed by atoms with Crippen molar-refractivity contribution in [2.75, 3.05) is 13.2 Å². The summed E-state index contributed by atoms with van der Waals surface area (Å²) in [4.78, 5) is 0. The molecule has 1 aromatic rings. The van der Waals surface area contributed by atoms with Crippen LogP contribution >= 0.6 is 0 Å². The zero-order valence-electron chi connectivity index (χ0n) is 7.87. The maximum atomic E-state index is 9.45. The molecule has 0 aliphatic heterocycles. The fraction of sp³-hybridized carbons (Fsp3) is 0.400. The molecule has 0 aromatic heterocycles. The maximum Gasteiger partial charge on any atom is 0.121 e. The predicted octanol–water partition coefficient (Wildman–Crippen LogP) is 1.38. The van der Waals surface area contributed by atoms with Crippen LogP contribution in [0.4, 0.5) is 0 Å². The molecule has 0 bridgehead atoms. The van der Waals surface area contributed by atoms with Gasteiger partial charge in [0.1, 0.15) is 18.1 Å². The summed E-state index contributed by atoms with van der Waals surface area (Å²) in [5.74, 6) is 0.984. The summed E-state index contributed by atoms with van der Waals surface area (Å²) in [7, 11) is 0. The van der Waals surface area contributed by atoms with E-state index in [2.05, 4.69) is 0 Å². The molecule has 0 aliphatic rings. The van der Waals surface area contributed by atoms with Crippen LogP contribution in [0.15, 0.2) is 12.1 Å². The van der Waals surface area contributed by atoms with Crippen molar-refractivity contribution in [3.05, 3.63) is 23.3 Å². The lowest BCUT2D eigenvalue weighted by Gasteiger charge is -2.08. The highest BCUT2D eigenvalue weighted by Gasteiger charge is 2.03. The molecule has 0 amide bonds. The van der Waals surface area contributed by atoms with Crippen molar-refractivity contribution < 1.29 is 14.9 Å². The number of ether oxygens (including phenoxy) is 1.